The van der Waals surface area contributed by atoms with Crippen LogP contribution in [0.2, 0.25) is 0 Å². The first-order valence-electron chi connectivity index (χ1n) is 13.2. The van der Waals surface area contributed by atoms with E-state index in [9.17, 15) is 10.1 Å². The minimum absolute atomic E-state index is 0.196. The quantitative estimate of drug-likeness (QED) is 0.618. The Morgan fingerprint density at radius 1 is 0.944 bits per heavy atom. The zero-order valence-electron chi connectivity index (χ0n) is 22.1. The molecule has 36 heavy (non-hydrogen) atoms. The first-order chi connectivity index (χ1) is 17.2. The van der Waals surface area contributed by atoms with Crippen molar-refractivity contribution in [3.05, 3.63) is 59.7 Å². The van der Waals surface area contributed by atoms with Crippen LogP contribution < -0.4 is 11.1 Å². The van der Waals surface area contributed by atoms with Crippen molar-refractivity contribution in [3.8, 4) is 17.2 Å². The van der Waals surface area contributed by atoms with Gasteiger partial charge in [-0.1, -0.05) is 62.4 Å². The highest BCUT2D eigenvalue weighted by atomic mass is 16.2. The van der Waals surface area contributed by atoms with Crippen LogP contribution in [-0.2, 0) is 17.8 Å². The number of likely N-dealkylation sites (N-methyl/N-ethyl adjacent to an activating group) is 1. The number of carbonyl (C=O) groups is 1. The minimum Gasteiger partial charge on any atom is -0.338 e. The van der Waals surface area contributed by atoms with Gasteiger partial charge in [0.15, 0.2) is 0 Å². The Hall–Kier alpha value is -2.72. The molecule has 6 heteroatoms. The van der Waals surface area contributed by atoms with Crippen LogP contribution in [0.1, 0.15) is 50.7 Å². The van der Waals surface area contributed by atoms with Gasteiger partial charge in [-0.25, -0.2) is 0 Å². The number of nitrogens with zero attached hydrogens (tertiary/aromatic N) is 3. The number of rotatable bonds is 7. The molecule has 0 bridgehead atoms. The zero-order chi connectivity index (χ0) is 25.8. The normalized spacial score (nSPS) is 20.9. The van der Waals surface area contributed by atoms with Crippen molar-refractivity contribution >= 4 is 5.91 Å². The number of nitriles is 1. The van der Waals surface area contributed by atoms with Gasteiger partial charge in [-0.15, -0.1) is 0 Å². The first-order valence-corrected chi connectivity index (χ1v) is 13.2. The van der Waals surface area contributed by atoms with Crippen molar-refractivity contribution in [2.75, 3.05) is 33.2 Å². The minimum atomic E-state index is -0.870. The van der Waals surface area contributed by atoms with Gasteiger partial charge in [-0.3, -0.25) is 9.69 Å². The third-order valence-corrected chi connectivity index (χ3v) is 8.09. The predicted octanol–water partition coefficient (Wildman–Crippen LogP) is 3.95. The van der Waals surface area contributed by atoms with E-state index in [2.05, 4.69) is 78.5 Å². The number of nitrogens with two attached hydrogens (primary N) is 1. The van der Waals surface area contributed by atoms with Crippen molar-refractivity contribution in [3.63, 3.8) is 0 Å². The van der Waals surface area contributed by atoms with Gasteiger partial charge in [-0.05, 0) is 60.4 Å². The second-order valence-electron chi connectivity index (χ2n) is 11.7. The van der Waals surface area contributed by atoms with Gasteiger partial charge >= 0.3 is 0 Å². The number of hydrogen-bond donors (Lipinski definition) is 2. The zero-order valence-corrected chi connectivity index (χ0v) is 22.1. The third-order valence-electron chi connectivity index (χ3n) is 8.09. The smallest absolute Gasteiger partial charge is 0.241 e. The maximum atomic E-state index is 12.9. The number of nitrogens with one attached hydrogen (secondary N) is 1. The van der Waals surface area contributed by atoms with Crippen LogP contribution >= 0.6 is 0 Å². The Morgan fingerprint density at radius 2 is 1.47 bits per heavy atom. The highest BCUT2D eigenvalue weighted by Gasteiger charge is 2.41. The van der Waals surface area contributed by atoms with Crippen molar-refractivity contribution in [1.82, 2.24) is 15.1 Å². The Morgan fingerprint density at radius 3 is 2.00 bits per heavy atom. The standard InChI is InChI=1S/C30H41N5O/c1-29(2)12-14-30(32,15-13-29)28(36)33-27(21-31)20-23-4-8-25(9-5-23)26-10-6-24(7-11-26)22-35-18-16-34(3)17-19-35/h4-11,27H,12-20,22,32H2,1-3H3,(H,33,36). The molecule has 0 radical (unpaired) electrons. The lowest BCUT2D eigenvalue weighted by atomic mass is 9.69. The summed E-state index contributed by atoms with van der Waals surface area (Å²) >= 11 is 0. The second kappa shape index (κ2) is 11.1. The predicted molar refractivity (Wildman–Crippen MR) is 145 cm³/mol. The number of piperazine rings is 1. The molecule has 0 aromatic heterocycles. The number of benzene rings is 2. The van der Waals surface area contributed by atoms with E-state index in [1.807, 2.05) is 12.1 Å². The fourth-order valence-electron chi connectivity index (χ4n) is 5.17. The lowest BCUT2D eigenvalue weighted by Gasteiger charge is -2.40. The van der Waals surface area contributed by atoms with E-state index in [1.54, 1.807) is 0 Å². The van der Waals surface area contributed by atoms with E-state index in [0.29, 0.717) is 19.3 Å². The van der Waals surface area contributed by atoms with Gasteiger partial charge < -0.3 is 16.0 Å². The maximum absolute atomic E-state index is 12.9. The van der Waals surface area contributed by atoms with E-state index in [0.717, 1.165) is 56.7 Å². The molecule has 1 aliphatic heterocycles. The van der Waals surface area contributed by atoms with E-state index in [4.69, 9.17) is 5.73 Å². The summed E-state index contributed by atoms with van der Waals surface area (Å²) < 4.78 is 0. The second-order valence-corrected chi connectivity index (χ2v) is 11.7. The van der Waals surface area contributed by atoms with Crippen LogP contribution in [0.25, 0.3) is 11.1 Å². The number of hydrogen-bond acceptors (Lipinski definition) is 5. The summed E-state index contributed by atoms with van der Waals surface area (Å²) in [5.74, 6) is -0.196. The fourth-order valence-corrected chi connectivity index (χ4v) is 5.17. The summed E-state index contributed by atoms with van der Waals surface area (Å²) in [5.41, 5.74) is 10.5. The molecule has 2 aromatic carbocycles. The van der Waals surface area contributed by atoms with E-state index >= 15 is 0 Å². The molecule has 1 heterocycles. The number of carbonyl (C=O) groups excluding carboxylic acids is 1. The summed E-state index contributed by atoms with van der Waals surface area (Å²) in [5, 5.41) is 12.6. The van der Waals surface area contributed by atoms with Crippen LogP contribution in [0.4, 0.5) is 0 Å². The average Bonchev–Trinajstić information content (AvgIpc) is 2.88. The molecule has 1 saturated carbocycles. The van der Waals surface area contributed by atoms with Gasteiger partial charge in [-0.2, -0.15) is 5.26 Å². The van der Waals surface area contributed by atoms with E-state index in [1.165, 1.54) is 11.1 Å². The molecule has 2 aromatic rings. The van der Waals surface area contributed by atoms with Gasteiger partial charge in [0.2, 0.25) is 5.91 Å². The largest absolute Gasteiger partial charge is 0.338 e. The summed E-state index contributed by atoms with van der Waals surface area (Å²) in [4.78, 5) is 17.8. The SMILES string of the molecule is CN1CCN(Cc2ccc(-c3ccc(CC(C#N)NC(=O)C4(N)CCC(C)(C)CC4)cc3)cc2)CC1. The van der Waals surface area contributed by atoms with Crippen molar-refractivity contribution < 1.29 is 4.79 Å². The van der Waals surface area contributed by atoms with Gasteiger partial charge in [0.25, 0.3) is 0 Å². The van der Waals surface area contributed by atoms with Crippen LogP contribution in [0, 0.1) is 16.7 Å². The molecule has 192 valence electrons. The molecule has 1 unspecified atom stereocenters. The topological polar surface area (TPSA) is 85.4 Å². The van der Waals surface area contributed by atoms with Crippen LogP contribution in [0.3, 0.4) is 0 Å². The monoisotopic (exact) mass is 487 g/mol. The average molecular weight is 488 g/mol. The molecule has 6 nitrogen and oxygen atoms in total. The van der Waals surface area contributed by atoms with E-state index < -0.39 is 11.6 Å². The van der Waals surface area contributed by atoms with Crippen LogP contribution in [0.15, 0.2) is 48.5 Å². The molecule has 3 N–H and O–H groups in total. The molecule has 4 rings (SSSR count). The van der Waals surface area contributed by atoms with Gasteiger partial charge in [0.05, 0.1) is 11.6 Å². The molecule has 2 aliphatic rings. The van der Waals surface area contributed by atoms with Crippen LogP contribution in [0.5, 0.6) is 0 Å². The molecule has 1 amide bonds. The molecule has 0 spiro atoms. The third kappa shape index (κ3) is 6.73. The van der Waals surface area contributed by atoms with Crippen molar-refractivity contribution in [1.29, 1.82) is 5.26 Å². The van der Waals surface area contributed by atoms with Crippen molar-refractivity contribution in [2.45, 2.75) is 64.1 Å². The highest BCUT2D eigenvalue weighted by molar-refractivity contribution is 5.86. The number of amides is 1. The lowest BCUT2D eigenvalue weighted by molar-refractivity contribution is -0.128. The fraction of sp³-hybridized carbons (Fsp3) is 0.533. The Balaban J connectivity index is 1.31. The maximum Gasteiger partial charge on any atom is 0.241 e. The molecule has 1 atom stereocenters. The van der Waals surface area contributed by atoms with Gasteiger partial charge in [0.1, 0.15) is 6.04 Å². The summed E-state index contributed by atoms with van der Waals surface area (Å²) in [7, 11) is 2.18. The molecular weight excluding hydrogens is 446 g/mol. The first kappa shape index (κ1) is 26.3. The van der Waals surface area contributed by atoms with Crippen LogP contribution in [-0.4, -0.2) is 60.5 Å². The molecule has 1 aliphatic carbocycles. The summed E-state index contributed by atoms with van der Waals surface area (Å²) in [6.07, 6.45) is 3.63. The lowest BCUT2D eigenvalue weighted by Crippen LogP contribution is -2.58. The van der Waals surface area contributed by atoms with Crippen molar-refractivity contribution in [2.24, 2.45) is 11.1 Å². The molecule has 2 fully saturated rings. The molecule has 1 saturated heterocycles. The Labute approximate surface area is 216 Å². The highest BCUT2D eigenvalue weighted by Crippen LogP contribution is 2.39. The molecular formula is C30H41N5O. The van der Waals surface area contributed by atoms with E-state index in [-0.39, 0.29) is 11.3 Å². The van der Waals surface area contributed by atoms with Gasteiger partial charge in [0, 0.05) is 39.1 Å². The Bertz CT molecular complexity index is 1050. The Kier molecular flexibility index (Phi) is 8.14. The summed E-state index contributed by atoms with van der Waals surface area (Å²) in [6, 6.07) is 18.7. The summed E-state index contributed by atoms with van der Waals surface area (Å²) in [6.45, 7) is 9.93.